The summed E-state index contributed by atoms with van der Waals surface area (Å²) < 4.78 is 0. The van der Waals surface area contributed by atoms with Crippen LogP contribution in [0.4, 0.5) is 0 Å². The first-order valence-corrected chi connectivity index (χ1v) is 16.6. The van der Waals surface area contributed by atoms with Crippen molar-refractivity contribution in [2.24, 2.45) is 0 Å². The Hall–Kier alpha value is -2.68. The molecule has 8 heteroatoms. The fraction of sp³-hybridized carbons (Fsp3) is 0.588. The summed E-state index contributed by atoms with van der Waals surface area (Å²) in [5.74, 6) is 0.401. The maximum absolute atomic E-state index is 13.9. The first-order valence-electron chi connectivity index (χ1n) is 15.8. The average molecular weight is 590 g/mol. The van der Waals surface area contributed by atoms with E-state index in [1.54, 1.807) is 11.3 Å². The third kappa shape index (κ3) is 5.65. The highest BCUT2D eigenvalue weighted by molar-refractivity contribution is 7.19. The van der Waals surface area contributed by atoms with Crippen LogP contribution >= 0.6 is 11.3 Å². The van der Waals surface area contributed by atoms with Crippen LogP contribution in [0.1, 0.15) is 74.9 Å². The minimum absolute atomic E-state index is 0.104. The summed E-state index contributed by atoms with van der Waals surface area (Å²) in [5, 5.41) is 4.26. The number of hydrogen-bond acceptors (Lipinski definition) is 5. The number of thiophene rings is 1. The van der Waals surface area contributed by atoms with Gasteiger partial charge in [-0.3, -0.25) is 19.4 Å². The molecule has 0 atom stereocenters. The van der Waals surface area contributed by atoms with Gasteiger partial charge in [-0.2, -0.15) is 0 Å². The molecule has 2 N–H and O–H groups in total. The molecule has 0 aliphatic carbocycles. The Kier molecular flexibility index (Phi) is 8.00. The average Bonchev–Trinajstić information content (AvgIpc) is 3.69. The van der Waals surface area contributed by atoms with Crippen molar-refractivity contribution in [3.05, 3.63) is 45.8 Å². The number of carbonyl (C=O) groups excluding carboxylic acids is 2. The molecule has 5 heterocycles. The predicted octanol–water partition coefficient (Wildman–Crippen LogP) is 5.59. The Morgan fingerprint density at radius 3 is 2.14 bits per heavy atom. The minimum atomic E-state index is -0.546. The molecule has 2 aromatic heterocycles. The maximum atomic E-state index is 13.9. The molecule has 3 saturated heterocycles. The van der Waals surface area contributed by atoms with Gasteiger partial charge in [0.05, 0.1) is 17.7 Å². The SMILES string of the molecule is Cc1cc(C)cc(-c2[nH]c3sc(C(C)(C)C(=O)N4C5CCC4CC5)cc3c2CN2CCN(CC(=O)NC(C)C)CC2)c1. The van der Waals surface area contributed by atoms with Gasteiger partial charge >= 0.3 is 0 Å². The summed E-state index contributed by atoms with van der Waals surface area (Å²) in [7, 11) is 0. The molecule has 0 radical (unpaired) electrons. The lowest BCUT2D eigenvalue weighted by atomic mass is 9.88. The number of aromatic nitrogens is 1. The number of rotatable bonds is 8. The van der Waals surface area contributed by atoms with Gasteiger partial charge in [-0.25, -0.2) is 0 Å². The first kappa shape index (κ1) is 29.4. The zero-order valence-corrected chi connectivity index (χ0v) is 27.0. The fourth-order valence-corrected chi connectivity index (χ4v) is 8.63. The molecular formula is C34H47N5O2S. The van der Waals surface area contributed by atoms with Crippen molar-refractivity contribution in [1.29, 1.82) is 0 Å². The third-order valence-corrected chi connectivity index (χ3v) is 11.0. The third-order valence-electron chi connectivity index (χ3n) is 9.61. The van der Waals surface area contributed by atoms with E-state index in [2.05, 4.69) is 77.0 Å². The lowest BCUT2D eigenvalue weighted by Crippen LogP contribution is -2.49. The van der Waals surface area contributed by atoms with Gasteiger partial charge in [0.25, 0.3) is 0 Å². The Bertz CT molecular complexity index is 1440. The number of piperazine rings is 1. The van der Waals surface area contributed by atoms with E-state index >= 15 is 0 Å². The van der Waals surface area contributed by atoms with Crippen LogP contribution in [0.3, 0.4) is 0 Å². The number of aryl methyl sites for hydroxylation is 2. The number of aromatic amines is 1. The molecule has 2 amide bonds. The molecule has 0 spiro atoms. The number of fused-ring (bicyclic) bond motifs is 3. The first-order chi connectivity index (χ1) is 20.0. The second-order valence-electron chi connectivity index (χ2n) is 13.8. The number of amides is 2. The molecule has 2 bridgehead atoms. The van der Waals surface area contributed by atoms with Crippen LogP contribution in [0.5, 0.6) is 0 Å². The van der Waals surface area contributed by atoms with Crippen molar-refractivity contribution >= 4 is 33.4 Å². The van der Waals surface area contributed by atoms with Crippen LogP contribution in [0.25, 0.3) is 21.5 Å². The highest BCUT2D eigenvalue weighted by Gasteiger charge is 2.47. The molecule has 7 nitrogen and oxygen atoms in total. The van der Waals surface area contributed by atoms with Gasteiger partial charge in [0.1, 0.15) is 4.83 Å². The molecular weight excluding hydrogens is 542 g/mol. The van der Waals surface area contributed by atoms with E-state index < -0.39 is 5.41 Å². The number of carbonyl (C=O) groups is 2. The normalized spacial score (nSPS) is 21.6. The lowest BCUT2D eigenvalue weighted by Gasteiger charge is -2.34. The molecule has 226 valence electrons. The standard InChI is InChI=1S/C34H47N5O2S/c1-21(2)35-30(40)20-38-13-11-37(12-14-38)19-28-27-18-29(34(5,6)33(41)39-25-7-8-26(39)10-9-25)42-32(27)36-31(28)24-16-22(3)15-23(4)17-24/h15-18,21,25-26,36H,7-14,19-20H2,1-6H3,(H,35,40). The van der Waals surface area contributed by atoms with Crippen LogP contribution < -0.4 is 5.32 Å². The summed E-state index contributed by atoms with van der Waals surface area (Å²) in [5.41, 5.74) is 5.70. The van der Waals surface area contributed by atoms with Crippen molar-refractivity contribution in [1.82, 2.24) is 25.0 Å². The monoisotopic (exact) mass is 589 g/mol. The van der Waals surface area contributed by atoms with Crippen LogP contribution in [0.2, 0.25) is 0 Å². The van der Waals surface area contributed by atoms with Gasteiger partial charge in [0, 0.05) is 66.7 Å². The molecule has 0 unspecified atom stereocenters. The van der Waals surface area contributed by atoms with Crippen molar-refractivity contribution in [2.45, 2.75) is 97.3 Å². The smallest absolute Gasteiger partial charge is 0.234 e. The van der Waals surface area contributed by atoms with E-state index in [0.717, 1.165) is 68.1 Å². The fourth-order valence-electron chi connectivity index (χ4n) is 7.44. The molecule has 1 aromatic carbocycles. The van der Waals surface area contributed by atoms with E-state index in [-0.39, 0.29) is 11.9 Å². The minimum Gasteiger partial charge on any atom is -0.353 e. The maximum Gasteiger partial charge on any atom is 0.234 e. The van der Waals surface area contributed by atoms with Gasteiger partial charge in [0.2, 0.25) is 11.8 Å². The Labute approximate surface area is 254 Å². The molecule has 3 fully saturated rings. The molecule has 3 aliphatic rings. The van der Waals surface area contributed by atoms with Crippen LogP contribution in [0, 0.1) is 13.8 Å². The van der Waals surface area contributed by atoms with E-state index in [9.17, 15) is 9.59 Å². The van der Waals surface area contributed by atoms with Crippen molar-refractivity contribution < 1.29 is 9.59 Å². The second-order valence-corrected chi connectivity index (χ2v) is 14.8. The second kappa shape index (κ2) is 11.4. The van der Waals surface area contributed by atoms with Crippen LogP contribution in [-0.4, -0.2) is 82.3 Å². The van der Waals surface area contributed by atoms with Gasteiger partial charge < -0.3 is 15.2 Å². The van der Waals surface area contributed by atoms with Crippen LogP contribution in [-0.2, 0) is 21.5 Å². The predicted molar refractivity (Wildman–Crippen MR) is 172 cm³/mol. The van der Waals surface area contributed by atoms with Gasteiger partial charge in [0.15, 0.2) is 0 Å². The Morgan fingerprint density at radius 2 is 1.55 bits per heavy atom. The van der Waals surface area contributed by atoms with E-state index in [4.69, 9.17) is 0 Å². The number of hydrogen-bond donors (Lipinski definition) is 2. The van der Waals surface area contributed by atoms with Gasteiger partial charge in [-0.05, 0) is 91.0 Å². The summed E-state index contributed by atoms with van der Waals surface area (Å²) in [6.07, 6.45) is 4.65. The van der Waals surface area contributed by atoms with Crippen LogP contribution in [0.15, 0.2) is 24.3 Å². The van der Waals surface area contributed by atoms with Crippen molar-refractivity contribution in [3.8, 4) is 11.3 Å². The highest BCUT2D eigenvalue weighted by Crippen LogP contribution is 2.44. The molecule has 0 saturated carbocycles. The quantitative estimate of drug-likeness (QED) is 0.360. The largest absolute Gasteiger partial charge is 0.353 e. The highest BCUT2D eigenvalue weighted by atomic mass is 32.1. The van der Waals surface area contributed by atoms with E-state index in [0.29, 0.717) is 24.5 Å². The van der Waals surface area contributed by atoms with E-state index in [1.807, 2.05) is 13.8 Å². The number of benzene rings is 1. The van der Waals surface area contributed by atoms with Crippen molar-refractivity contribution in [2.75, 3.05) is 32.7 Å². The summed E-state index contributed by atoms with van der Waals surface area (Å²) in [6.45, 7) is 17.5. The molecule has 6 rings (SSSR count). The molecule has 3 aromatic rings. The number of nitrogens with zero attached hydrogens (tertiary/aromatic N) is 3. The zero-order valence-electron chi connectivity index (χ0n) is 26.2. The van der Waals surface area contributed by atoms with Crippen molar-refractivity contribution in [3.63, 3.8) is 0 Å². The Morgan fingerprint density at radius 1 is 0.952 bits per heavy atom. The Balaban J connectivity index is 1.28. The van der Waals surface area contributed by atoms with Gasteiger partial charge in [-0.1, -0.05) is 17.2 Å². The summed E-state index contributed by atoms with van der Waals surface area (Å²) in [4.78, 5) is 39.4. The number of H-pyrrole nitrogens is 1. The molecule has 3 aliphatic heterocycles. The van der Waals surface area contributed by atoms with Gasteiger partial charge in [-0.15, -0.1) is 11.3 Å². The molecule has 42 heavy (non-hydrogen) atoms. The van der Waals surface area contributed by atoms with E-state index in [1.165, 1.54) is 33.3 Å². The summed E-state index contributed by atoms with van der Waals surface area (Å²) >= 11 is 1.75. The topological polar surface area (TPSA) is 71.7 Å². The lowest BCUT2D eigenvalue weighted by molar-refractivity contribution is -0.137. The number of nitrogens with one attached hydrogen (secondary N) is 2. The summed E-state index contributed by atoms with van der Waals surface area (Å²) in [6, 6.07) is 10.1. The zero-order chi connectivity index (χ0) is 29.8.